The Balaban J connectivity index is 1.98. The van der Waals surface area contributed by atoms with Crippen molar-refractivity contribution in [1.29, 1.82) is 0 Å². The van der Waals surface area contributed by atoms with Gasteiger partial charge >= 0.3 is 0 Å². The Kier molecular flexibility index (Phi) is 6.24. The highest BCUT2D eigenvalue weighted by Gasteiger charge is 2.21. The highest BCUT2D eigenvalue weighted by molar-refractivity contribution is 8.00. The number of hydrogen-bond donors (Lipinski definition) is 1. The average molecular weight is 384 g/mol. The lowest BCUT2D eigenvalue weighted by Gasteiger charge is -2.13. The van der Waals surface area contributed by atoms with Crippen molar-refractivity contribution >= 4 is 17.7 Å². The number of aromatic nitrogens is 3. The van der Waals surface area contributed by atoms with Gasteiger partial charge in [0.05, 0.1) is 17.4 Å². The molecule has 2 aromatic carbocycles. The number of carbonyl (C=O) groups excluding carboxylic acids is 1. The van der Waals surface area contributed by atoms with Gasteiger partial charge in [-0.15, -0.1) is 10.2 Å². The molecule has 0 saturated heterocycles. The van der Waals surface area contributed by atoms with Crippen LogP contribution in [0.3, 0.4) is 0 Å². The summed E-state index contributed by atoms with van der Waals surface area (Å²) in [6.45, 7) is 4.76. The number of thioether (sulfide) groups is 1. The molecule has 7 heteroatoms. The maximum atomic E-state index is 14.3. The number of amides is 1. The minimum atomic E-state index is -0.354. The minimum Gasteiger partial charge on any atom is -0.355 e. The third-order valence-corrected chi connectivity index (χ3v) is 5.10. The molecule has 0 bridgehead atoms. The van der Waals surface area contributed by atoms with Crippen LogP contribution in [0, 0.1) is 5.82 Å². The molecule has 1 N–H and O–H groups in total. The number of carbonyl (C=O) groups is 1. The lowest BCUT2D eigenvalue weighted by atomic mass is 10.2. The van der Waals surface area contributed by atoms with Gasteiger partial charge in [0.1, 0.15) is 5.82 Å². The molecule has 1 atom stereocenters. The lowest BCUT2D eigenvalue weighted by Crippen LogP contribution is -2.30. The van der Waals surface area contributed by atoms with Crippen molar-refractivity contribution in [3.05, 3.63) is 66.0 Å². The van der Waals surface area contributed by atoms with Crippen molar-refractivity contribution < 1.29 is 9.18 Å². The quantitative estimate of drug-likeness (QED) is 0.630. The molecule has 140 valence electrons. The monoisotopic (exact) mass is 384 g/mol. The van der Waals surface area contributed by atoms with Crippen molar-refractivity contribution in [3.8, 4) is 11.4 Å². The molecular formula is C20H21FN4OS. The highest BCUT2D eigenvalue weighted by atomic mass is 32.2. The van der Waals surface area contributed by atoms with Gasteiger partial charge in [0, 0.05) is 6.54 Å². The van der Waals surface area contributed by atoms with E-state index < -0.39 is 0 Å². The Hall–Kier alpha value is -2.67. The topological polar surface area (TPSA) is 59.8 Å². The van der Waals surface area contributed by atoms with E-state index in [-0.39, 0.29) is 17.0 Å². The molecule has 5 nitrogen and oxygen atoms in total. The zero-order valence-electron chi connectivity index (χ0n) is 15.2. The summed E-state index contributed by atoms with van der Waals surface area (Å²) < 4.78 is 16.2. The van der Waals surface area contributed by atoms with Crippen LogP contribution in [-0.2, 0) is 11.3 Å². The normalized spacial score (nSPS) is 12.0. The van der Waals surface area contributed by atoms with Crippen molar-refractivity contribution in [3.63, 3.8) is 0 Å². The van der Waals surface area contributed by atoms with Gasteiger partial charge in [-0.2, -0.15) is 0 Å². The maximum Gasteiger partial charge on any atom is 0.233 e. The average Bonchev–Trinajstić information content (AvgIpc) is 3.05. The van der Waals surface area contributed by atoms with E-state index in [1.165, 1.54) is 17.8 Å². The summed E-state index contributed by atoms with van der Waals surface area (Å²) in [4.78, 5) is 12.1. The van der Waals surface area contributed by atoms with Crippen LogP contribution in [0.4, 0.5) is 4.39 Å². The van der Waals surface area contributed by atoms with E-state index in [2.05, 4.69) is 15.5 Å². The SMILES string of the molecule is CCNC(=O)[C@@H](C)Sc1nnc(-c2ccccc2F)n1Cc1ccccc1. The zero-order chi connectivity index (χ0) is 19.2. The van der Waals surface area contributed by atoms with Crippen molar-refractivity contribution in [2.45, 2.75) is 30.8 Å². The molecule has 0 unspecified atom stereocenters. The van der Waals surface area contributed by atoms with E-state index in [9.17, 15) is 9.18 Å². The summed E-state index contributed by atoms with van der Waals surface area (Å²) >= 11 is 1.31. The summed E-state index contributed by atoms with van der Waals surface area (Å²) in [5.41, 5.74) is 1.43. The van der Waals surface area contributed by atoms with Crippen LogP contribution in [0.5, 0.6) is 0 Å². The highest BCUT2D eigenvalue weighted by Crippen LogP contribution is 2.29. The first-order valence-corrected chi connectivity index (χ1v) is 9.64. The third kappa shape index (κ3) is 4.54. The number of hydrogen-bond acceptors (Lipinski definition) is 4. The number of rotatable bonds is 7. The van der Waals surface area contributed by atoms with Crippen LogP contribution in [0.25, 0.3) is 11.4 Å². The Morgan fingerprint density at radius 3 is 2.56 bits per heavy atom. The van der Waals surface area contributed by atoms with Crippen LogP contribution in [0.2, 0.25) is 0 Å². The largest absolute Gasteiger partial charge is 0.355 e. The fourth-order valence-electron chi connectivity index (χ4n) is 2.66. The molecule has 0 aliphatic carbocycles. The van der Waals surface area contributed by atoms with Gasteiger partial charge < -0.3 is 5.32 Å². The van der Waals surface area contributed by atoms with Gasteiger partial charge in [0.15, 0.2) is 11.0 Å². The zero-order valence-corrected chi connectivity index (χ0v) is 16.0. The molecule has 1 amide bonds. The molecule has 0 aliphatic heterocycles. The fraction of sp³-hybridized carbons (Fsp3) is 0.250. The smallest absolute Gasteiger partial charge is 0.233 e. The molecule has 3 aromatic rings. The molecule has 0 aliphatic rings. The Labute approximate surface area is 162 Å². The van der Waals surface area contributed by atoms with Gasteiger partial charge in [0.25, 0.3) is 0 Å². The Bertz CT molecular complexity index is 913. The first-order chi connectivity index (χ1) is 13.1. The Morgan fingerprint density at radius 2 is 1.85 bits per heavy atom. The second-order valence-electron chi connectivity index (χ2n) is 6.01. The van der Waals surface area contributed by atoms with E-state index >= 15 is 0 Å². The van der Waals surface area contributed by atoms with Gasteiger partial charge in [-0.05, 0) is 31.5 Å². The van der Waals surface area contributed by atoms with Crippen molar-refractivity contribution in [2.75, 3.05) is 6.54 Å². The minimum absolute atomic E-state index is 0.0656. The number of nitrogens with zero attached hydrogens (tertiary/aromatic N) is 3. The van der Waals surface area contributed by atoms with Gasteiger partial charge in [0.2, 0.25) is 5.91 Å². The number of halogens is 1. The third-order valence-electron chi connectivity index (χ3n) is 4.02. The molecule has 1 aromatic heterocycles. The van der Waals surface area contributed by atoms with Crippen LogP contribution in [0.15, 0.2) is 59.8 Å². The van der Waals surface area contributed by atoms with Gasteiger partial charge in [-0.1, -0.05) is 54.2 Å². The van der Waals surface area contributed by atoms with Crippen LogP contribution < -0.4 is 5.32 Å². The first kappa shape index (κ1) is 19.1. The molecule has 0 radical (unpaired) electrons. The molecule has 0 spiro atoms. The van der Waals surface area contributed by atoms with Crippen molar-refractivity contribution in [2.24, 2.45) is 0 Å². The van der Waals surface area contributed by atoms with E-state index in [1.54, 1.807) is 18.2 Å². The standard InChI is InChI=1S/C20H21FN4OS/c1-3-22-19(26)14(2)27-20-24-23-18(16-11-7-8-12-17(16)21)25(20)13-15-9-5-4-6-10-15/h4-12,14H,3,13H2,1-2H3,(H,22,26)/t14-/m1/s1. The predicted octanol–water partition coefficient (Wildman–Crippen LogP) is 3.75. The van der Waals surface area contributed by atoms with E-state index in [1.807, 2.05) is 48.7 Å². The van der Waals surface area contributed by atoms with E-state index in [4.69, 9.17) is 0 Å². The second-order valence-corrected chi connectivity index (χ2v) is 7.32. The molecule has 0 saturated carbocycles. The lowest BCUT2D eigenvalue weighted by molar-refractivity contribution is -0.120. The van der Waals surface area contributed by atoms with E-state index in [0.717, 1.165) is 5.56 Å². The molecule has 1 heterocycles. The summed E-state index contributed by atoms with van der Waals surface area (Å²) in [6.07, 6.45) is 0. The summed E-state index contributed by atoms with van der Waals surface area (Å²) in [5, 5.41) is 11.5. The van der Waals surface area contributed by atoms with E-state index in [0.29, 0.717) is 29.6 Å². The van der Waals surface area contributed by atoms with Crippen LogP contribution in [-0.4, -0.2) is 32.5 Å². The maximum absolute atomic E-state index is 14.3. The summed E-state index contributed by atoms with van der Waals surface area (Å²) in [7, 11) is 0. The Morgan fingerprint density at radius 1 is 1.15 bits per heavy atom. The number of nitrogens with one attached hydrogen (secondary N) is 1. The van der Waals surface area contributed by atoms with Gasteiger partial charge in [-0.3, -0.25) is 9.36 Å². The molecule has 0 fully saturated rings. The predicted molar refractivity (Wildman–Crippen MR) is 105 cm³/mol. The molecular weight excluding hydrogens is 363 g/mol. The van der Waals surface area contributed by atoms with Crippen LogP contribution >= 0.6 is 11.8 Å². The molecule has 27 heavy (non-hydrogen) atoms. The van der Waals surface area contributed by atoms with Crippen molar-refractivity contribution in [1.82, 2.24) is 20.1 Å². The number of benzene rings is 2. The second kappa shape index (κ2) is 8.81. The fourth-order valence-corrected chi connectivity index (χ4v) is 3.53. The van der Waals surface area contributed by atoms with Gasteiger partial charge in [-0.25, -0.2) is 4.39 Å². The van der Waals surface area contributed by atoms with Crippen LogP contribution in [0.1, 0.15) is 19.4 Å². The first-order valence-electron chi connectivity index (χ1n) is 8.76. The summed E-state index contributed by atoms with van der Waals surface area (Å²) in [5.74, 6) is 0.0271. The summed E-state index contributed by atoms with van der Waals surface area (Å²) in [6, 6.07) is 16.3. The molecule has 3 rings (SSSR count).